The molecule has 0 amide bonds. The SMILES string of the molecule is CN1CCN(C2CCN(c3nc(OCC(F)(F)F)c([N+](=O)[O-])cc3I)CC2)CC1. The Morgan fingerprint density at radius 2 is 1.86 bits per heavy atom. The Balaban J connectivity index is 1.71. The Kier molecular flexibility index (Phi) is 7.04. The van der Waals surface area contributed by atoms with Gasteiger partial charge in [-0.15, -0.1) is 0 Å². The van der Waals surface area contributed by atoms with Crippen molar-refractivity contribution in [1.82, 2.24) is 14.8 Å². The van der Waals surface area contributed by atoms with E-state index in [2.05, 4.69) is 26.6 Å². The summed E-state index contributed by atoms with van der Waals surface area (Å²) in [7, 11) is 2.11. The molecule has 2 saturated heterocycles. The van der Waals surface area contributed by atoms with Gasteiger partial charge in [-0.2, -0.15) is 18.2 Å². The lowest BCUT2D eigenvalue weighted by Gasteiger charge is -2.42. The number of anilines is 1. The van der Waals surface area contributed by atoms with Crippen molar-refractivity contribution < 1.29 is 22.8 Å². The summed E-state index contributed by atoms with van der Waals surface area (Å²) in [6, 6.07) is 1.69. The zero-order valence-electron chi connectivity index (χ0n) is 16.0. The molecular weight excluding hydrogens is 506 g/mol. The largest absolute Gasteiger partial charge is 0.463 e. The van der Waals surface area contributed by atoms with Crippen molar-refractivity contribution in [1.29, 1.82) is 0 Å². The fourth-order valence-corrected chi connectivity index (χ4v) is 4.45. The van der Waals surface area contributed by atoms with Crippen molar-refractivity contribution in [3.8, 4) is 5.88 Å². The first-order valence-corrected chi connectivity index (χ1v) is 10.4. The molecule has 0 atom stereocenters. The third-order valence-electron chi connectivity index (χ3n) is 5.29. The third kappa shape index (κ3) is 5.81. The molecule has 29 heavy (non-hydrogen) atoms. The van der Waals surface area contributed by atoms with E-state index in [0.29, 0.717) is 28.5 Å². The smallest absolute Gasteiger partial charge is 0.422 e. The molecule has 2 fully saturated rings. The minimum absolute atomic E-state index is 0.435. The summed E-state index contributed by atoms with van der Waals surface area (Å²) in [5.74, 6) is -0.158. The van der Waals surface area contributed by atoms with Gasteiger partial charge in [0.1, 0.15) is 5.82 Å². The molecule has 0 spiro atoms. The zero-order chi connectivity index (χ0) is 21.2. The van der Waals surface area contributed by atoms with Gasteiger partial charge in [-0.3, -0.25) is 15.0 Å². The molecule has 1 aromatic heterocycles. The normalized spacial score (nSPS) is 20.1. The molecule has 1 aromatic rings. The molecule has 0 bridgehead atoms. The van der Waals surface area contributed by atoms with E-state index in [4.69, 9.17) is 0 Å². The van der Waals surface area contributed by atoms with Gasteiger partial charge in [0.15, 0.2) is 6.61 Å². The van der Waals surface area contributed by atoms with Gasteiger partial charge in [-0.05, 0) is 42.5 Å². The quantitative estimate of drug-likeness (QED) is 0.330. The van der Waals surface area contributed by atoms with E-state index in [1.165, 1.54) is 6.07 Å². The second-order valence-corrected chi connectivity index (χ2v) is 8.50. The van der Waals surface area contributed by atoms with Crippen molar-refractivity contribution in [3.05, 3.63) is 19.8 Å². The van der Waals surface area contributed by atoms with Crippen LogP contribution in [-0.4, -0.2) is 84.8 Å². The number of nitrogens with zero attached hydrogens (tertiary/aromatic N) is 5. The van der Waals surface area contributed by atoms with Crippen molar-refractivity contribution in [2.45, 2.75) is 25.1 Å². The van der Waals surface area contributed by atoms with Crippen LogP contribution in [-0.2, 0) is 0 Å². The zero-order valence-corrected chi connectivity index (χ0v) is 18.1. The van der Waals surface area contributed by atoms with Crippen molar-refractivity contribution in [2.24, 2.45) is 0 Å². The van der Waals surface area contributed by atoms with Gasteiger partial charge in [-0.25, -0.2) is 0 Å². The van der Waals surface area contributed by atoms with Crippen LogP contribution in [0, 0.1) is 13.7 Å². The third-order valence-corrected chi connectivity index (χ3v) is 6.08. The van der Waals surface area contributed by atoms with Crippen molar-refractivity contribution in [2.75, 3.05) is 57.8 Å². The fraction of sp³-hybridized carbons (Fsp3) is 0.706. The van der Waals surface area contributed by atoms with E-state index in [0.717, 1.165) is 39.0 Å². The molecule has 0 radical (unpaired) electrons. The summed E-state index contributed by atoms with van der Waals surface area (Å²) >= 11 is 1.93. The number of aromatic nitrogens is 1. The topological polar surface area (TPSA) is 75.0 Å². The molecule has 8 nitrogen and oxygen atoms in total. The summed E-state index contributed by atoms with van der Waals surface area (Å²) < 4.78 is 42.7. The lowest BCUT2D eigenvalue weighted by molar-refractivity contribution is -0.386. The average molecular weight is 529 g/mol. The van der Waals surface area contributed by atoms with Crippen LogP contribution in [0.4, 0.5) is 24.7 Å². The van der Waals surface area contributed by atoms with Gasteiger partial charge in [0, 0.05) is 51.4 Å². The van der Waals surface area contributed by atoms with E-state index < -0.39 is 29.3 Å². The van der Waals surface area contributed by atoms with Crippen LogP contribution in [0.15, 0.2) is 6.07 Å². The van der Waals surface area contributed by atoms with Crippen LogP contribution >= 0.6 is 22.6 Å². The van der Waals surface area contributed by atoms with Gasteiger partial charge < -0.3 is 14.5 Å². The van der Waals surface area contributed by atoms with Gasteiger partial charge >= 0.3 is 11.9 Å². The Morgan fingerprint density at radius 1 is 1.24 bits per heavy atom. The lowest BCUT2D eigenvalue weighted by Crippen LogP contribution is -2.52. The number of hydrogen-bond donors (Lipinski definition) is 0. The first-order chi connectivity index (χ1) is 13.6. The average Bonchev–Trinajstić information content (AvgIpc) is 2.67. The number of nitro groups is 1. The first kappa shape index (κ1) is 22.3. The molecule has 12 heteroatoms. The molecule has 0 N–H and O–H groups in total. The molecule has 3 heterocycles. The molecule has 0 saturated carbocycles. The Labute approximate surface area is 180 Å². The fourth-order valence-electron chi connectivity index (χ4n) is 3.69. The highest BCUT2D eigenvalue weighted by atomic mass is 127. The summed E-state index contributed by atoms with van der Waals surface area (Å²) in [4.78, 5) is 21.3. The monoisotopic (exact) mass is 529 g/mol. The maximum Gasteiger partial charge on any atom is 0.422 e. The molecular formula is C17H23F3IN5O3. The number of piperazine rings is 1. The van der Waals surface area contributed by atoms with Crippen LogP contribution in [0.3, 0.4) is 0 Å². The van der Waals surface area contributed by atoms with E-state index >= 15 is 0 Å². The van der Waals surface area contributed by atoms with Crippen molar-refractivity contribution in [3.63, 3.8) is 0 Å². The van der Waals surface area contributed by atoms with E-state index in [1.807, 2.05) is 27.5 Å². The number of ether oxygens (including phenoxy) is 1. The summed E-state index contributed by atoms with van der Waals surface area (Å²) in [5, 5.41) is 11.2. The second kappa shape index (κ2) is 9.16. The molecule has 2 aliphatic heterocycles. The number of likely N-dealkylation sites (N-methyl/N-ethyl adjacent to an activating group) is 1. The Hall–Kier alpha value is -1.41. The predicted molar refractivity (Wildman–Crippen MR) is 109 cm³/mol. The molecule has 162 valence electrons. The summed E-state index contributed by atoms with van der Waals surface area (Å²) in [6.07, 6.45) is -2.77. The van der Waals surface area contributed by atoms with Crippen LogP contribution in [0.1, 0.15) is 12.8 Å². The predicted octanol–water partition coefficient (Wildman–Crippen LogP) is 2.75. The highest BCUT2D eigenvalue weighted by Gasteiger charge is 2.33. The first-order valence-electron chi connectivity index (χ1n) is 9.36. The number of hydrogen-bond acceptors (Lipinski definition) is 7. The number of pyridine rings is 1. The lowest BCUT2D eigenvalue weighted by atomic mass is 10.0. The van der Waals surface area contributed by atoms with Crippen LogP contribution in [0.5, 0.6) is 5.88 Å². The van der Waals surface area contributed by atoms with Crippen LogP contribution in [0.25, 0.3) is 0 Å². The molecule has 2 aliphatic rings. The Bertz CT molecular complexity index is 736. The van der Waals surface area contributed by atoms with E-state index in [-0.39, 0.29) is 0 Å². The van der Waals surface area contributed by atoms with E-state index in [9.17, 15) is 23.3 Å². The molecule has 0 aliphatic carbocycles. The molecule has 0 aromatic carbocycles. The summed E-state index contributed by atoms with van der Waals surface area (Å²) in [5.41, 5.74) is -0.560. The van der Waals surface area contributed by atoms with Gasteiger partial charge in [-0.1, -0.05) is 0 Å². The molecule has 3 rings (SSSR count). The maximum absolute atomic E-state index is 12.5. The number of piperidine rings is 1. The van der Waals surface area contributed by atoms with Crippen LogP contribution < -0.4 is 9.64 Å². The van der Waals surface area contributed by atoms with Gasteiger partial charge in [0.2, 0.25) is 0 Å². The second-order valence-electron chi connectivity index (χ2n) is 7.34. The van der Waals surface area contributed by atoms with Gasteiger partial charge in [0.05, 0.1) is 8.49 Å². The number of rotatable bonds is 5. The Morgan fingerprint density at radius 3 is 2.41 bits per heavy atom. The van der Waals surface area contributed by atoms with Crippen molar-refractivity contribution >= 4 is 34.1 Å². The minimum Gasteiger partial charge on any atom is -0.463 e. The highest BCUT2D eigenvalue weighted by molar-refractivity contribution is 14.1. The van der Waals surface area contributed by atoms with E-state index in [1.54, 1.807) is 0 Å². The minimum atomic E-state index is -4.60. The van der Waals surface area contributed by atoms with Gasteiger partial charge in [0.25, 0.3) is 5.88 Å². The maximum atomic E-state index is 12.5. The number of halogens is 4. The summed E-state index contributed by atoms with van der Waals surface area (Å²) in [6.45, 7) is 3.91. The highest BCUT2D eigenvalue weighted by Crippen LogP contribution is 2.34. The number of alkyl halides is 3. The molecule has 0 unspecified atom stereocenters. The standard InChI is InChI=1S/C17H23F3IN5O3/c1-23-6-8-24(9-7-23)12-2-4-25(5-3-12)15-13(21)10-14(26(27)28)16(22-15)29-11-17(18,19)20/h10,12H,2-9,11H2,1H3. The van der Waals surface area contributed by atoms with Crippen LogP contribution in [0.2, 0.25) is 0 Å².